The number of carbonyl (C=O) groups is 3. The number of fused-ring (bicyclic) bond motifs is 1. The second-order valence-electron chi connectivity index (χ2n) is 13.3. The first-order valence-electron chi connectivity index (χ1n) is 18.3. The standard InChI is InChI=1S/C37H65N3O4S/c1-6-8-10-12-14-16-21-31(22-17-15-13-11-9-7-2)44-35(42)24-19-18-23-34(41)40-28-25-32-33(29-40)45-30(3)36(32)37(43)38-26-20-27-39(4)5/h31H,6-29H2,1-5H3,(H,38,43). The molecule has 0 fully saturated rings. The Hall–Kier alpha value is -1.93. The van der Waals surface area contributed by atoms with Crippen LogP contribution in [0.25, 0.3) is 0 Å². The SMILES string of the molecule is CCCCCCCCC(CCCCCCCC)OC(=O)CCCCC(=O)N1CCc2c(sc(C)c2C(=O)NCCCN(C)C)C1. The quantitative estimate of drug-likeness (QED) is 0.0850. The summed E-state index contributed by atoms with van der Waals surface area (Å²) in [5, 5.41) is 3.08. The number of unbranched alkanes of at least 4 members (excludes halogenated alkanes) is 11. The zero-order valence-corrected chi connectivity index (χ0v) is 30.3. The molecule has 0 aliphatic carbocycles. The van der Waals surface area contributed by atoms with Crippen molar-refractivity contribution < 1.29 is 19.1 Å². The number of nitrogens with zero attached hydrogens (tertiary/aromatic N) is 2. The van der Waals surface area contributed by atoms with E-state index in [1.54, 1.807) is 11.3 Å². The molecule has 0 spiro atoms. The molecule has 7 nitrogen and oxygen atoms in total. The molecule has 0 saturated heterocycles. The number of rotatable bonds is 25. The van der Waals surface area contributed by atoms with Crippen molar-refractivity contribution in [3.05, 3.63) is 20.9 Å². The van der Waals surface area contributed by atoms with Crippen LogP contribution in [-0.2, 0) is 27.3 Å². The molecule has 0 bridgehead atoms. The molecule has 1 aromatic rings. The van der Waals surface area contributed by atoms with Crippen molar-refractivity contribution in [1.29, 1.82) is 0 Å². The Kier molecular flexibility index (Phi) is 20.4. The number of hydrogen-bond donors (Lipinski definition) is 1. The van der Waals surface area contributed by atoms with E-state index >= 15 is 0 Å². The van der Waals surface area contributed by atoms with Crippen LogP contribution in [0, 0.1) is 6.92 Å². The number of esters is 1. The van der Waals surface area contributed by atoms with Gasteiger partial charge in [-0.1, -0.05) is 78.1 Å². The molecule has 0 radical (unpaired) electrons. The lowest BCUT2D eigenvalue weighted by Gasteiger charge is -2.27. The molecule has 0 unspecified atom stereocenters. The van der Waals surface area contributed by atoms with Gasteiger partial charge in [-0.15, -0.1) is 11.3 Å². The molecule has 2 heterocycles. The molecule has 0 aromatic carbocycles. The van der Waals surface area contributed by atoms with E-state index in [0.717, 1.165) is 66.0 Å². The summed E-state index contributed by atoms with van der Waals surface area (Å²) in [5.74, 6) is 0.0454. The molecular weight excluding hydrogens is 582 g/mol. The second-order valence-corrected chi connectivity index (χ2v) is 14.7. The lowest BCUT2D eigenvalue weighted by molar-refractivity contribution is -0.150. The van der Waals surface area contributed by atoms with Gasteiger partial charge in [0.15, 0.2) is 0 Å². The zero-order valence-electron chi connectivity index (χ0n) is 29.5. The van der Waals surface area contributed by atoms with E-state index in [1.165, 1.54) is 64.2 Å². The Morgan fingerprint density at radius 3 is 2.07 bits per heavy atom. The van der Waals surface area contributed by atoms with Crippen LogP contribution >= 0.6 is 11.3 Å². The van der Waals surface area contributed by atoms with Crippen molar-refractivity contribution in [2.24, 2.45) is 0 Å². The van der Waals surface area contributed by atoms with Crippen molar-refractivity contribution in [2.75, 3.05) is 33.7 Å². The summed E-state index contributed by atoms with van der Waals surface area (Å²) in [5.41, 5.74) is 1.93. The third-order valence-electron chi connectivity index (χ3n) is 8.96. The largest absolute Gasteiger partial charge is 0.462 e. The van der Waals surface area contributed by atoms with Gasteiger partial charge in [-0.05, 0) is 84.5 Å². The van der Waals surface area contributed by atoms with E-state index < -0.39 is 0 Å². The number of aryl methyl sites for hydroxylation is 1. The first kappa shape index (κ1) is 39.2. The monoisotopic (exact) mass is 647 g/mol. The topological polar surface area (TPSA) is 79.0 Å². The second kappa shape index (κ2) is 23.4. The molecule has 1 aromatic heterocycles. The summed E-state index contributed by atoms with van der Waals surface area (Å²) in [7, 11) is 4.07. The molecular formula is C37H65N3O4S. The molecule has 8 heteroatoms. The number of nitrogens with one attached hydrogen (secondary N) is 1. The first-order valence-corrected chi connectivity index (χ1v) is 19.1. The van der Waals surface area contributed by atoms with Crippen LogP contribution in [-0.4, -0.2) is 67.4 Å². The van der Waals surface area contributed by atoms with E-state index in [1.807, 2.05) is 25.9 Å². The molecule has 1 N–H and O–H groups in total. The van der Waals surface area contributed by atoms with Gasteiger partial charge in [0, 0.05) is 35.7 Å². The molecule has 1 aliphatic rings. The number of hydrogen-bond acceptors (Lipinski definition) is 6. The highest BCUT2D eigenvalue weighted by Crippen LogP contribution is 2.33. The highest BCUT2D eigenvalue weighted by Gasteiger charge is 2.28. The predicted molar refractivity (Wildman–Crippen MR) is 188 cm³/mol. The lowest BCUT2D eigenvalue weighted by atomic mass is 10.0. The number of carbonyl (C=O) groups excluding carboxylic acids is 3. The third kappa shape index (κ3) is 16.0. The van der Waals surface area contributed by atoms with E-state index in [4.69, 9.17) is 4.74 Å². The van der Waals surface area contributed by atoms with Crippen molar-refractivity contribution >= 4 is 29.1 Å². The molecule has 2 amide bonds. The Bertz CT molecular complexity index is 977. The summed E-state index contributed by atoms with van der Waals surface area (Å²) < 4.78 is 5.97. The molecule has 2 rings (SSSR count). The van der Waals surface area contributed by atoms with E-state index in [9.17, 15) is 14.4 Å². The number of thiophene rings is 1. The van der Waals surface area contributed by atoms with Gasteiger partial charge >= 0.3 is 5.97 Å². The van der Waals surface area contributed by atoms with Crippen LogP contribution in [0.5, 0.6) is 0 Å². The fourth-order valence-corrected chi connectivity index (χ4v) is 7.49. The van der Waals surface area contributed by atoms with Gasteiger partial charge in [0.1, 0.15) is 6.10 Å². The van der Waals surface area contributed by atoms with Crippen LogP contribution < -0.4 is 5.32 Å². The molecule has 0 atom stereocenters. The Labute approximate surface area is 279 Å². The summed E-state index contributed by atoms with van der Waals surface area (Å²) in [6.45, 7) is 9.32. The Morgan fingerprint density at radius 1 is 0.844 bits per heavy atom. The van der Waals surface area contributed by atoms with E-state index in [2.05, 4.69) is 24.1 Å². The van der Waals surface area contributed by atoms with Crippen molar-refractivity contribution in [2.45, 2.75) is 162 Å². The van der Waals surface area contributed by atoms with Gasteiger partial charge in [0.25, 0.3) is 5.91 Å². The maximum atomic E-state index is 13.0. The molecule has 45 heavy (non-hydrogen) atoms. The fourth-order valence-electron chi connectivity index (χ4n) is 6.25. The average Bonchev–Trinajstić information content (AvgIpc) is 3.35. The van der Waals surface area contributed by atoms with Gasteiger partial charge in [-0.2, -0.15) is 0 Å². The fraction of sp³-hybridized carbons (Fsp3) is 0.811. The van der Waals surface area contributed by atoms with Crippen LogP contribution in [0.15, 0.2) is 0 Å². The average molecular weight is 648 g/mol. The van der Waals surface area contributed by atoms with Gasteiger partial charge in [-0.3, -0.25) is 14.4 Å². The third-order valence-corrected chi connectivity index (χ3v) is 10.1. The summed E-state index contributed by atoms with van der Waals surface area (Å²) >= 11 is 1.64. The van der Waals surface area contributed by atoms with Crippen LogP contribution in [0.4, 0.5) is 0 Å². The highest BCUT2D eigenvalue weighted by atomic mass is 32.1. The van der Waals surface area contributed by atoms with E-state index in [0.29, 0.717) is 45.3 Å². The number of amides is 2. The summed E-state index contributed by atoms with van der Waals surface area (Å²) in [4.78, 5) is 44.9. The van der Waals surface area contributed by atoms with Crippen molar-refractivity contribution in [3.63, 3.8) is 0 Å². The maximum absolute atomic E-state index is 13.0. The van der Waals surface area contributed by atoms with Crippen molar-refractivity contribution in [1.82, 2.24) is 15.1 Å². The first-order chi connectivity index (χ1) is 21.8. The smallest absolute Gasteiger partial charge is 0.306 e. The van der Waals surface area contributed by atoms with Crippen molar-refractivity contribution in [3.8, 4) is 0 Å². The normalized spacial score (nSPS) is 13.0. The van der Waals surface area contributed by atoms with E-state index in [-0.39, 0.29) is 23.9 Å². The minimum absolute atomic E-state index is 0.0107. The minimum Gasteiger partial charge on any atom is -0.462 e. The van der Waals surface area contributed by atoms with Gasteiger partial charge in [0.2, 0.25) is 5.91 Å². The zero-order chi connectivity index (χ0) is 32.9. The molecule has 258 valence electrons. The summed E-state index contributed by atoms with van der Waals surface area (Å²) in [6, 6.07) is 0. The molecule has 1 aliphatic heterocycles. The minimum atomic E-state index is -0.103. The maximum Gasteiger partial charge on any atom is 0.306 e. The highest BCUT2D eigenvalue weighted by molar-refractivity contribution is 7.12. The lowest BCUT2D eigenvalue weighted by Crippen LogP contribution is -2.36. The van der Waals surface area contributed by atoms with Gasteiger partial charge in [-0.25, -0.2) is 0 Å². The Morgan fingerprint density at radius 2 is 1.44 bits per heavy atom. The summed E-state index contributed by atoms with van der Waals surface area (Å²) in [6.07, 6.45) is 20.9. The van der Waals surface area contributed by atoms with Crippen LogP contribution in [0.1, 0.15) is 162 Å². The van der Waals surface area contributed by atoms with Crippen LogP contribution in [0.2, 0.25) is 0 Å². The predicted octanol–water partition coefficient (Wildman–Crippen LogP) is 8.60. The number of ether oxygens (including phenoxy) is 1. The molecule has 0 saturated carbocycles. The Balaban J connectivity index is 1.73. The van der Waals surface area contributed by atoms with Gasteiger partial charge in [0.05, 0.1) is 12.1 Å². The van der Waals surface area contributed by atoms with Gasteiger partial charge < -0.3 is 19.9 Å². The van der Waals surface area contributed by atoms with Crippen LogP contribution in [0.3, 0.4) is 0 Å².